The van der Waals surface area contributed by atoms with Gasteiger partial charge in [-0.3, -0.25) is 0 Å². The van der Waals surface area contributed by atoms with Crippen molar-refractivity contribution in [3.05, 3.63) is 40.0 Å². The number of hydrogen-bond donors (Lipinski definition) is 2. The van der Waals surface area contributed by atoms with Crippen LogP contribution in [0.2, 0.25) is 0 Å². The molecule has 0 bridgehead atoms. The van der Waals surface area contributed by atoms with Gasteiger partial charge in [0, 0.05) is 11.5 Å². The van der Waals surface area contributed by atoms with Crippen molar-refractivity contribution in [2.24, 2.45) is 5.11 Å². The third-order valence-corrected chi connectivity index (χ3v) is 2.59. The Morgan fingerprint density at radius 3 is 3.00 bits per heavy atom. The van der Waals surface area contributed by atoms with E-state index < -0.39 is 23.6 Å². The number of carbonyl (C=O) groups excluding carboxylic acids is 1. The van der Waals surface area contributed by atoms with Crippen LogP contribution in [0.25, 0.3) is 10.4 Å². The number of benzene rings is 1. The van der Waals surface area contributed by atoms with Gasteiger partial charge in [0.25, 0.3) is 0 Å². The zero-order valence-corrected chi connectivity index (χ0v) is 10.9. The van der Waals surface area contributed by atoms with Gasteiger partial charge in [0.1, 0.15) is 6.04 Å². The average molecular weight is 282 g/mol. The summed E-state index contributed by atoms with van der Waals surface area (Å²) in [4.78, 5) is 14.3. The lowest BCUT2D eigenvalue weighted by atomic mass is 10.1. The van der Waals surface area contributed by atoms with E-state index in [1.54, 1.807) is 0 Å². The Bertz CT molecular complexity index is 517. The van der Waals surface area contributed by atoms with E-state index in [1.807, 2.05) is 0 Å². The van der Waals surface area contributed by atoms with Crippen molar-refractivity contribution in [1.29, 1.82) is 0 Å². The molecule has 0 heterocycles. The van der Waals surface area contributed by atoms with Crippen LogP contribution in [0.3, 0.4) is 0 Å². The summed E-state index contributed by atoms with van der Waals surface area (Å²) in [6, 6.07) is 2.82. The van der Waals surface area contributed by atoms with Crippen molar-refractivity contribution in [1.82, 2.24) is 5.32 Å². The molecule has 1 unspecified atom stereocenters. The van der Waals surface area contributed by atoms with Crippen LogP contribution in [0.15, 0.2) is 23.3 Å². The fourth-order valence-electron chi connectivity index (χ4n) is 1.60. The van der Waals surface area contributed by atoms with Crippen molar-refractivity contribution < 1.29 is 19.0 Å². The number of halogens is 1. The van der Waals surface area contributed by atoms with E-state index in [-0.39, 0.29) is 0 Å². The summed E-state index contributed by atoms with van der Waals surface area (Å²) in [5.74, 6) is -1.87. The second kappa shape index (κ2) is 7.98. The Hall–Kier alpha value is -2.31. The summed E-state index contributed by atoms with van der Waals surface area (Å²) in [5.41, 5.74) is 8.48. The molecule has 2 N–H and O–H groups in total. The number of ether oxygens (including phenoxy) is 1. The number of methoxy groups -OCH3 is 1. The van der Waals surface area contributed by atoms with Crippen molar-refractivity contribution in [3.8, 4) is 5.75 Å². The van der Waals surface area contributed by atoms with Gasteiger partial charge < -0.3 is 15.2 Å². The van der Waals surface area contributed by atoms with E-state index in [9.17, 15) is 9.18 Å². The van der Waals surface area contributed by atoms with Crippen LogP contribution in [0, 0.1) is 5.82 Å². The van der Waals surface area contributed by atoms with Gasteiger partial charge in [-0.1, -0.05) is 11.2 Å². The van der Waals surface area contributed by atoms with Gasteiger partial charge in [-0.25, -0.2) is 9.18 Å². The average Bonchev–Trinajstić information content (AvgIpc) is 2.45. The molecule has 1 rings (SSSR count). The number of nitrogens with zero attached hydrogens (tertiary/aromatic N) is 3. The van der Waals surface area contributed by atoms with Crippen LogP contribution < -0.4 is 5.32 Å². The van der Waals surface area contributed by atoms with E-state index in [0.29, 0.717) is 25.1 Å². The number of phenolic OH excluding ortho intramolecular Hbond substituents is 1. The van der Waals surface area contributed by atoms with Gasteiger partial charge in [0.15, 0.2) is 11.6 Å². The summed E-state index contributed by atoms with van der Waals surface area (Å²) in [6.45, 7) is 0.683. The second-order valence-electron chi connectivity index (χ2n) is 3.93. The largest absolute Gasteiger partial charge is 0.505 e. The van der Waals surface area contributed by atoms with Crippen molar-refractivity contribution in [2.45, 2.75) is 12.5 Å². The van der Waals surface area contributed by atoms with E-state index in [1.165, 1.54) is 19.2 Å². The highest BCUT2D eigenvalue weighted by Crippen LogP contribution is 2.21. The van der Waals surface area contributed by atoms with Crippen LogP contribution in [-0.2, 0) is 9.53 Å². The van der Waals surface area contributed by atoms with Crippen molar-refractivity contribution in [3.63, 3.8) is 0 Å². The summed E-state index contributed by atoms with van der Waals surface area (Å²) in [7, 11) is 1.23. The van der Waals surface area contributed by atoms with Gasteiger partial charge >= 0.3 is 5.97 Å². The smallest absolute Gasteiger partial charge is 0.327 e. The summed E-state index contributed by atoms with van der Waals surface area (Å²) in [6.07, 6.45) is 0.526. The standard InChI is InChI=1S/C12H15FN4O3/c1-20-12(19)11(15-5-2-6-16-17-14)8-3-4-10(18)9(13)7-8/h3-4,7,11,15,18H,2,5-6H2,1H3. The fraction of sp³-hybridized carbons (Fsp3) is 0.417. The molecule has 20 heavy (non-hydrogen) atoms. The fourth-order valence-corrected chi connectivity index (χ4v) is 1.60. The molecule has 0 aliphatic rings. The molecule has 1 atom stereocenters. The second-order valence-corrected chi connectivity index (χ2v) is 3.93. The first-order valence-electron chi connectivity index (χ1n) is 5.90. The first kappa shape index (κ1) is 15.7. The molecule has 1 aromatic rings. The molecule has 0 spiro atoms. The highest BCUT2D eigenvalue weighted by molar-refractivity contribution is 5.77. The first-order valence-corrected chi connectivity index (χ1v) is 5.90. The van der Waals surface area contributed by atoms with E-state index in [4.69, 9.17) is 10.6 Å². The lowest BCUT2D eigenvalue weighted by Crippen LogP contribution is -2.30. The molecule has 1 aromatic carbocycles. The van der Waals surface area contributed by atoms with Crippen molar-refractivity contribution >= 4 is 5.97 Å². The van der Waals surface area contributed by atoms with Gasteiger partial charge in [0.05, 0.1) is 7.11 Å². The summed E-state index contributed by atoms with van der Waals surface area (Å²) in [5, 5.41) is 15.4. The van der Waals surface area contributed by atoms with Crippen LogP contribution in [-0.4, -0.2) is 31.3 Å². The number of rotatable bonds is 7. The highest BCUT2D eigenvalue weighted by atomic mass is 19.1. The number of carbonyl (C=O) groups is 1. The Kier molecular flexibility index (Phi) is 6.28. The third kappa shape index (κ3) is 4.42. The van der Waals surface area contributed by atoms with Crippen molar-refractivity contribution in [2.75, 3.05) is 20.2 Å². The molecule has 0 fully saturated rings. The quantitative estimate of drug-likeness (QED) is 0.262. The minimum atomic E-state index is -0.846. The predicted octanol–water partition coefficient (Wildman–Crippen LogP) is 2.04. The zero-order chi connectivity index (χ0) is 15.0. The number of hydrogen-bond acceptors (Lipinski definition) is 5. The molecule has 0 aliphatic heterocycles. The van der Waals surface area contributed by atoms with Gasteiger partial charge in [-0.15, -0.1) is 0 Å². The number of esters is 1. The SMILES string of the molecule is COC(=O)C(NCCCN=[N+]=[N-])c1ccc(O)c(F)c1. The maximum absolute atomic E-state index is 13.3. The van der Waals surface area contributed by atoms with Crippen LogP contribution in [0.1, 0.15) is 18.0 Å². The Labute approximate surface area is 115 Å². The zero-order valence-electron chi connectivity index (χ0n) is 10.9. The van der Waals surface area contributed by atoms with E-state index in [2.05, 4.69) is 20.1 Å². The maximum Gasteiger partial charge on any atom is 0.327 e. The van der Waals surface area contributed by atoms with Gasteiger partial charge in [-0.2, -0.15) is 0 Å². The van der Waals surface area contributed by atoms with Crippen LogP contribution >= 0.6 is 0 Å². The van der Waals surface area contributed by atoms with Crippen LogP contribution in [0.4, 0.5) is 4.39 Å². The molecule has 0 radical (unpaired) electrons. The third-order valence-electron chi connectivity index (χ3n) is 2.59. The molecular weight excluding hydrogens is 267 g/mol. The number of phenols is 1. The number of azide groups is 1. The lowest BCUT2D eigenvalue weighted by Gasteiger charge is -2.16. The normalized spacial score (nSPS) is 11.5. The molecule has 0 saturated carbocycles. The minimum absolute atomic E-state index is 0.293. The van der Waals surface area contributed by atoms with E-state index >= 15 is 0 Å². The lowest BCUT2D eigenvalue weighted by molar-refractivity contribution is -0.143. The molecule has 7 nitrogen and oxygen atoms in total. The first-order chi connectivity index (χ1) is 9.60. The summed E-state index contributed by atoms with van der Waals surface area (Å²) < 4.78 is 18.0. The number of nitrogens with one attached hydrogen (secondary N) is 1. The summed E-state index contributed by atoms with van der Waals surface area (Å²) >= 11 is 0. The van der Waals surface area contributed by atoms with Gasteiger partial charge in [-0.05, 0) is 36.2 Å². The molecule has 0 aliphatic carbocycles. The topological polar surface area (TPSA) is 107 Å². The van der Waals surface area contributed by atoms with E-state index in [0.717, 1.165) is 6.07 Å². The molecule has 108 valence electrons. The van der Waals surface area contributed by atoms with Crippen LogP contribution in [0.5, 0.6) is 5.75 Å². The molecule has 0 saturated heterocycles. The molecule has 8 heteroatoms. The molecule has 0 amide bonds. The monoisotopic (exact) mass is 282 g/mol. The maximum atomic E-state index is 13.3. The Morgan fingerprint density at radius 2 is 2.40 bits per heavy atom. The van der Waals surface area contributed by atoms with Gasteiger partial charge in [0.2, 0.25) is 0 Å². The Balaban J connectivity index is 2.75. The molecular formula is C12H15FN4O3. The molecule has 0 aromatic heterocycles. The highest BCUT2D eigenvalue weighted by Gasteiger charge is 2.21. The Morgan fingerprint density at radius 1 is 1.65 bits per heavy atom. The predicted molar refractivity (Wildman–Crippen MR) is 69.5 cm³/mol. The minimum Gasteiger partial charge on any atom is -0.505 e. The number of aromatic hydroxyl groups is 1.